The number of hydrogen-bond acceptors (Lipinski definition) is 3. The van der Waals surface area contributed by atoms with Crippen molar-refractivity contribution in [2.75, 3.05) is 0 Å². The first-order valence-electron chi connectivity index (χ1n) is 10.5. The maximum atomic E-state index is 13.3. The predicted octanol–water partition coefficient (Wildman–Crippen LogP) is 5.36. The van der Waals surface area contributed by atoms with E-state index in [0.29, 0.717) is 5.69 Å². The third kappa shape index (κ3) is 2.85. The van der Waals surface area contributed by atoms with Gasteiger partial charge >= 0.3 is 0 Å². The molecule has 0 saturated heterocycles. The third-order valence-electron chi connectivity index (χ3n) is 6.28. The lowest BCUT2D eigenvalue weighted by molar-refractivity contribution is 0.0537. The fraction of sp³-hybridized carbons (Fsp3) is 0.154. The van der Waals surface area contributed by atoms with Crippen LogP contribution in [0.2, 0.25) is 0 Å². The molecule has 2 heterocycles. The Morgan fingerprint density at radius 2 is 1.74 bits per heavy atom. The highest BCUT2D eigenvalue weighted by molar-refractivity contribution is 5.86. The number of hydrogen-bond donors (Lipinski definition) is 1. The summed E-state index contributed by atoms with van der Waals surface area (Å²) in [5.74, 6) is -0.144. The summed E-state index contributed by atoms with van der Waals surface area (Å²) in [7, 11) is 0. The third-order valence-corrected chi connectivity index (χ3v) is 6.28. The highest BCUT2D eigenvalue weighted by Crippen LogP contribution is 2.50. The summed E-state index contributed by atoms with van der Waals surface area (Å²) in [6, 6.07) is 22.2. The zero-order chi connectivity index (χ0) is 21.0. The Morgan fingerprint density at radius 3 is 2.55 bits per heavy atom. The van der Waals surface area contributed by atoms with Gasteiger partial charge in [0.05, 0.1) is 23.1 Å². The number of nitrogens with zero attached hydrogens (tertiary/aromatic N) is 3. The van der Waals surface area contributed by atoms with Crippen LogP contribution in [0.4, 0.5) is 4.39 Å². The Balaban J connectivity index is 1.51. The standard InChI is InChI=1S/C26H20FN3O/c27-21-8-10-22(11-9-21)30-24-12-7-20(15-18(24)16-29-30)26(31,19-5-6-19)25-23-4-2-1-3-17(23)13-14-28-25/h1-4,7-16,19,31H,5-6H2. The van der Waals surface area contributed by atoms with Gasteiger partial charge in [0.2, 0.25) is 0 Å². The van der Waals surface area contributed by atoms with Gasteiger partial charge in [-0.2, -0.15) is 5.10 Å². The molecule has 1 saturated carbocycles. The molecule has 0 aliphatic heterocycles. The minimum absolute atomic E-state index is 0.135. The second-order valence-electron chi connectivity index (χ2n) is 8.23. The predicted molar refractivity (Wildman–Crippen MR) is 118 cm³/mol. The van der Waals surface area contributed by atoms with E-state index in [-0.39, 0.29) is 11.7 Å². The van der Waals surface area contributed by atoms with Gasteiger partial charge in [-0.3, -0.25) is 4.98 Å². The van der Waals surface area contributed by atoms with Crippen LogP contribution in [0.1, 0.15) is 24.1 Å². The van der Waals surface area contributed by atoms with Gasteiger partial charge < -0.3 is 5.11 Å². The highest BCUT2D eigenvalue weighted by Gasteiger charge is 2.48. The molecular weight excluding hydrogens is 389 g/mol. The first-order chi connectivity index (χ1) is 15.1. The fourth-order valence-electron chi connectivity index (χ4n) is 4.55. The molecule has 31 heavy (non-hydrogen) atoms. The SMILES string of the molecule is OC(c1ccc2c(cnn2-c2ccc(F)cc2)c1)(c1nccc2ccccc12)C1CC1. The first kappa shape index (κ1) is 18.2. The summed E-state index contributed by atoms with van der Waals surface area (Å²) < 4.78 is 15.1. The van der Waals surface area contributed by atoms with E-state index in [4.69, 9.17) is 0 Å². The molecule has 5 heteroatoms. The van der Waals surface area contributed by atoms with Crippen LogP contribution in [0, 0.1) is 11.7 Å². The van der Waals surface area contributed by atoms with Crippen molar-refractivity contribution in [2.24, 2.45) is 5.92 Å². The molecular formula is C26H20FN3O. The summed E-state index contributed by atoms with van der Waals surface area (Å²) in [6.07, 6.45) is 5.49. The van der Waals surface area contributed by atoms with Gasteiger partial charge in [-0.25, -0.2) is 9.07 Å². The van der Waals surface area contributed by atoms with Gasteiger partial charge in [-0.15, -0.1) is 0 Å². The molecule has 2 aromatic heterocycles. The number of aromatic nitrogens is 3. The van der Waals surface area contributed by atoms with Gasteiger partial charge in [-0.05, 0) is 72.2 Å². The zero-order valence-corrected chi connectivity index (χ0v) is 16.7. The van der Waals surface area contributed by atoms with Crippen LogP contribution in [0.5, 0.6) is 0 Å². The molecule has 0 spiro atoms. The molecule has 1 unspecified atom stereocenters. The Morgan fingerprint density at radius 1 is 0.935 bits per heavy atom. The van der Waals surface area contributed by atoms with Gasteiger partial charge in [-0.1, -0.05) is 30.3 Å². The van der Waals surface area contributed by atoms with E-state index in [1.54, 1.807) is 29.2 Å². The lowest BCUT2D eigenvalue weighted by Gasteiger charge is -2.29. The van der Waals surface area contributed by atoms with E-state index in [2.05, 4.69) is 10.1 Å². The van der Waals surface area contributed by atoms with Crippen molar-refractivity contribution >= 4 is 21.7 Å². The Kier molecular flexibility index (Phi) is 3.95. The van der Waals surface area contributed by atoms with Gasteiger partial charge in [0.15, 0.2) is 0 Å². The van der Waals surface area contributed by atoms with Crippen molar-refractivity contribution in [3.63, 3.8) is 0 Å². The van der Waals surface area contributed by atoms with Crippen molar-refractivity contribution in [1.29, 1.82) is 0 Å². The lowest BCUT2D eigenvalue weighted by Crippen LogP contribution is -2.31. The number of aliphatic hydroxyl groups is 1. The Hall–Kier alpha value is -3.57. The number of halogens is 1. The van der Waals surface area contributed by atoms with Crippen LogP contribution in [0.25, 0.3) is 27.4 Å². The van der Waals surface area contributed by atoms with E-state index < -0.39 is 5.60 Å². The van der Waals surface area contributed by atoms with E-state index in [1.807, 2.05) is 48.5 Å². The molecule has 0 radical (unpaired) electrons. The lowest BCUT2D eigenvalue weighted by atomic mass is 9.83. The van der Waals surface area contributed by atoms with Gasteiger partial charge in [0, 0.05) is 17.0 Å². The molecule has 1 fully saturated rings. The normalized spacial score (nSPS) is 15.9. The van der Waals surface area contributed by atoms with E-state index in [0.717, 1.165) is 45.8 Å². The summed E-state index contributed by atoms with van der Waals surface area (Å²) >= 11 is 0. The number of rotatable bonds is 4. The second kappa shape index (κ2) is 6.72. The monoisotopic (exact) mass is 409 g/mol. The van der Waals surface area contributed by atoms with Crippen molar-refractivity contribution in [3.8, 4) is 5.69 Å². The molecule has 1 atom stereocenters. The number of pyridine rings is 1. The summed E-state index contributed by atoms with van der Waals surface area (Å²) in [4.78, 5) is 4.65. The molecule has 0 bridgehead atoms. The first-order valence-corrected chi connectivity index (χ1v) is 10.5. The molecule has 152 valence electrons. The summed E-state index contributed by atoms with van der Waals surface area (Å²) in [6.45, 7) is 0. The average molecular weight is 409 g/mol. The zero-order valence-electron chi connectivity index (χ0n) is 16.7. The van der Waals surface area contributed by atoms with Crippen LogP contribution >= 0.6 is 0 Å². The average Bonchev–Trinajstić information content (AvgIpc) is 3.59. The largest absolute Gasteiger partial charge is 0.378 e. The van der Waals surface area contributed by atoms with Crippen LogP contribution in [0.3, 0.4) is 0 Å². The van der Waals surface area contributed by atoms with Gasteiger partial charge in [0.25, 0.3) is 0 Å². The molecule has 1 N–H and O–H groups in total. The topological polar surface area (TPSA) is 50.9 Å². The quantitative estimate of drug-likeness (QED) is 0.435. The summed E-state index contributed by atoms with van der Waals surface area (Å²) in [5, 5.41) is 19.5. The highest BCUT2D eigenvalue weighted by atomic mass is 19.1. The smallest absolute Gasteiger partial charge is 0.135 e. The molecule has 3 aromatic carbocycles. The van der Waals surface area contributed by atoms with Gasteiger partial charge in [0.1, 0.15) is 11.4 Å². The Labute approximate surface area is 178 Å². The fourth-order valence-corrected chi connectivity index (χ4v) is 4.55. The van der Waals surface area contributed by atoms with Crippen LogP contribution in [-0.4, -0.2) is 19.9 Å². The minimum atomic E-state index is -1.16. The maximum absolute atomic E-state index is 13.3. The van der Waals surface area contributed by atoms with E-state index in [1.165, 1.54) is 12.1 Å². The van der Waals surface area contributed by atoms with Crippen molar-refractivity contribution in [2.45, 2.75) is 18.4 Å². The minimum Gasteiger partial charge on any atom is -0.378 e. The summed E-state index contributed by atoms with van der Waals surface area (Å²) in [5.41, 5.74) is 2.06. The molecule has 0 amide bonds. The van der Waals surface area contributed by atoms with Crippen LogP contribution in [0.15, 0.2) is 85.2 Å². The van der Waals surface area contributed by atoms with Crippen LogP contribution < -0.4 is 0 Å². The second-order valence-corrected chi connectivity index (χ2v) is 8.23. The molecule has 1 aliphatic rings. The van der Waals surface area contributed by atoms with E-state index >= 15 is 0 Å². The van der Waals surface area contributed by atoms with E-state index in [9.17, 15) is 9.50 Å². The molecule has 6 rings (SSSR count). The van der Waals surface area contributed by atoms with Crippen molar-refractivity contribution in [3.05, 3.63) is 102 Å². The molecule has 4 nitrogen and oxygen atoms in total. The maximum Gasteiger partial charge on any atom is 0.135 e. The van der Waals surface area contributed by atoms with Crippen LogP contribution in [-0.2, 0) is 5.60 Å². The number of benzene rings is 3. The van der Waals surface area contributed by atoms with Crippen molar-refractivity contribution < 1.29 is 9.50 Å². The number of fused-ring (bicyclic) bond motifs is 2. The van der Waals surface area contributed by atoms with Crippen molar-refractivity contribution in [1.82, 2.24) is 14.8 Å². The Bertz CT molecular complexity index is 1420. The molecule has 5 aromatic rings. The molecule has 1 aliphatic carbocycles.